The molecule has 0 radical (unpaired) electrons. The molecule has 8 heteroatoms. The highest BCUT2D eigenvalue weighted by Crippen LogP contribution is 2.25. The van der Waals surface area contributed by atoms with Crippen LogP contribution < -0.4 is 15.0 Å². The van der Waals surface area contributed by atoms with E-state index in [4.69, 9.17) is 4.74 Å². The second-order valence-corrected chi connectivity index (χ2v) is 5.58. The van der Waals surface area contributed by atoms with Gasteiger partial charge in [-0.2, -0.15) is 5.10 Å². The van der Waals surface area contributed by atoms with Crippen LogP contribution in [0.4, 0.5) is 5.69 Å². The van der Waals surface area contributed by atoms with E-state index in [9.17, 15) is 9.59 Å². The monoisotopic (exact) mass is 329 g/mol. The van der Waals surface area contributed by atoms with Crippen LogP contribution >= 0.6 is 0 Å². The lowest BCUT2D eigenvalue weighted by molar-refractivity contribution is -0.122. The quantitative estimate of drug-likeness (QED) is 0.838. The Morgan fingerprint density at radius 2 is 2.33 bits per heavy atom. The number of amides is 2. The smallest absolute Gasteiger partial charge is 0.229 e. The lowest BCUT2D eigenvalue weighted by atomic mass is 10.2. The second kappa shape index (κ2) is 7.12. The fourth-order valence-electron chi connectivity index (χ4n) is 2.70. The fraction of sp³-hybridized carbons (Fsp3) is 0.375. The normalized spacial score (nSPS) is 17.1. The van der Waals surface area contributed by atoms with E-state index in [0.717, 1.165) is 5.69 Å². The molecule has 0 saturated carbocycles. The number of nitrogens with zero attached hydrogens (tertiary/aromatic N) is 4. The average Bonchev–Trinajstić information content (AvgIpc) is 3.22. The number of ether oxygens (including phenoxy) is 1. The van der Waals surface area contributed by atoms with Gasteiger partial charge in [0.2, 0.25) is 11.8 Å². The van der Waals surface area contributed by atoms with Gasteiger partial charge in [0.1, 0.15) is 18.4 Å². The minimum absolute atomic E-state index is 0.00942. The summed E-state index contributed by atoms with van der Waals surface area (Å²) in [4.78, 5) is 29.7. The average molecular weight is 329 g/mol. The van der Waals surface area contributed by atoms with Gasteiger partial charge in [-0.15, -0.1) is 0 Å². The maximum Gasteiger partial charge on any atom is 0.229 e. The summed E-state index contributed by atoms with van der Waals surface area (Å²) in [6.07, 6.45) is 3.59. The number of benzene rings is 1. The summed E-state index contributed by atoms with van der Waals surface area (Å²) in [5, 5.41) is 6.86. The molecule has 0 aliphatic carbocycles. The number of rotatable bonds is 6. The largest absolute Gasteiger partial charge is 0.497 e. The predicted molar refractivity (Wildman–Crippen MR) is 86.5 cm³/mol. The third-order valence-electron chi connectivity index (χ3n) is 3.89. The lowest BCUT2D eigenvalue weighted by Gasteiger charge is -2.18. The van der Waals surface area contributed by atoms with Gasteiger partial charge in [0.25, 0.3) is 0 Å². The fourth-order valence-corrected chi connectivity index (χ4v) is 2.70. The van der Waals surface area contributed by atoms with Crippen LogP contribution in [0.3, 0.4) is 0 Å². The van der Waals surface area contributed by atoms with Crippen molar-refractivity contribution in [2.75, 3.05) is 18.6 Å². The van der Waals surface area contributed by atoms with Crippen LogP contribution in [0.2, 0.25) is 0 Å². The number of aryl methyl sites for hydroxylation is 1. The number of carbonyl (C=O) groups excluding carboxylic acids is 2. The molecule has 1 saturated heterocycles. The van der Waals surface area contributed by atoms with E-state index in [2.05, 4.69) is 15.4 Å². The van der Waals surface area contributed by atoms with E-state index in [1.54, 1.807) is 23.0 Å². The van der Waals surface area contributed by atoms with Crippen LogP contribution in [0, 0.1) is 0 Å². The van der Waals surface area contributed by atoms with E-state index in [0.29, 0.717) is 31.7 Å². The third-order valence-corrected chi connectivity index (χ3v) is 3.89. The van der Waals surface area contributed by atoms with Crippen LogP contribution in [0.5, 0.6) is 5.75 Å². The molecule has 2 amide bonds. The van der Waals surface area contributed by atoms with Gasteiger partial charge in [0, 0.05) is 31.1 Å². The number of aromatic nitrogens is 3. The molecule has 1 aromatic carbocycles. The standard InChI is InChI=1S/C16H19N5O3/c1-24-14-4-2-3-13(8-14)21-9-12(7-16(21)23)19-15(22)5-6-20-11-17-10-18-20/h2-4,8,10-12H,5-7,9H2,1H3,(H,19,22)/t12-/m0/s1. The molecule has 126 valence electrons. The number of anilines is 1. The second-order valence-electron chi connectivity index (χ2n) is 5.58. The highest BCUT2D eigenvalue weighted by molar-refractivity contribution is 5.97. The summed E-state index contributed by atoms with van der Waals surface area (Å²) in [7, 11) is 1.59. The Morgan fingerprint density at radius 3 is 3.08 bits per heavy atom. The lowest BCUT2D eigenvalue weighted by Crippen LogP contribution is -2.37. The molecule has 1 fully saturated rings. The van der Waals surface area contributed by atoms with Crippen molar-refractivity contribution < 1.29 is 14.3 Å². The molecular formula is C16H19N5O3. The number of nitrogens with one attached hydrogen (secondary N) is 1. The minimum Gasteiger partial charge on any atom is -0.497 e. The number of hydrogen-bond acceptors (Lipinski definition) is 5. The third kappa shape index (κ3) is 3.70. The van der Waals surface area contributed by atoms with E-state index in [1.165, 1.54) is 6.33 Å². The molecule has 1 aliphatic heterocycles. The number of hydrogen-bond donors (Lipinski definition) is 1. The zero-order valence-corrected chi connectivity index (χ0v) is 13.4. The molecule has 2 aromatic rings. The number of carbonyl (C=O) groups is 2. The number of methoxy groups -OCH3 is 1. The van der Waals surface area contributed by atoms with Crippen molar-refractivity contribution >= 4 is 17.5 Å². The Kier molecular flexibility index (Phi) is 4.74. The molecule has 1 atom stereocenters. The summed E-state index contributed by atoms with van der Waals surface area (Å²) < 4.78 is 6.79. The Labute approximate surface area is 139 Å². The first kappa shape index (κ1) is 16.0. The minimum atomic E-state index is -0.188. The topological polar surface area (TPSA) is 89.3 Å². The van der Waals surface area contributed by atoms with Crippen molar-refractivity contribution in [1.29, 1.82) is 0 Å². The molecular weight excluding hydrogens is 310 g/mol. The van der Waals surface area contributed by atoms with Gasteiger partial charge >= 0.3 is 0 Å². The SMILES string of the molecule is COc1cccc(N2C[C@@H](NC(=O)CCn3cncn3)CC2=O)c1. The Balaban J connectivity index is 1.55. The van der Waals surface area contributed by atoms with Crippen LogP contribution in [0.15, 0.2) is 36.9 Å². The molecule has 1 aromatic heterocycles. The highest BCUT2D eigenvalue weighted by Gasteiger charge is 2.31. The van der Waals surface area contributed by atoms with Gasteiger partial charge in [0.05, 0.1) is 19.7 Å². The van der Waals surface area contributed by atoms with E-state index in [-0.39, 0.29) is 17.9 Å². The van der Waals surface area contributed by atoms with Crippen molar-refractivity contribution in [3.63, 3.8) is 0 Å². The zero-order chi connectivity index (χ0) is 16.9. The van der Waals surface area contributed by atoms with Gasteiger partial charge in [0.15, 0.2) is 0 Å². The molecule has 2 heterocycles. The molecule has 24 heavy (non-hydrogen) atoms. The summed E-state index contributed by atoms with van der Waals surface area (Å²) in [6, 6.07) is 7.15. The van der Waals surface area contributed by atoms with E-state index < -0.39 is 0 Å². The summed E-state index contributed by atoms with van der Waals surface area (Å²) >= 11 is 0. The van der Waals surface area contributed by atoms with Crippen LogP contribution in [0.1, 0.15) is 12.8 Å². The van der Waals surface area contributed by atoms with Gasteiger partial charge in [-0.1, -0.05) is 6.07 Å². The molecule has 3 rings (SSSR count). The van der Waals surface area contributed by atoms with Gasteiger partial charge < -0.3 is 15.0 Å². The maximum absolute atomic E-state index is 12.2. The van der Waals surface area contributed by atoms with Crippen molar-refractivity contribution in [2.24, 2.45) is 0 Å². The Hall–Kier alpha value is -2.90. The van der Waals surface area contributed by atoms with Crippen molar-refractivity contribution in [3.05, 3.63) is 36.9 Å². The molecule has 0 bridgehead atoms. The summed E-state index contributed by atoms with van der Waals surface area (Å²) in [5.41, 5.74) is 0.777. The molecule has 0 unspecified atom stereocenters. The molecule has 8 nitrogen and oxygen atoms in total. The van der Waals surface area contributed by atoms with Crippen molar-refractivity contribution in [2.45, 2.75) is 25.4 Å². The Bertz CT molecular complexity index is 716. The van der Waals surface area contributed by atoms with Crippen LogP contribution in [-0.4, -0.2) is 46.3 Å². The summed E-state index contributed by atoms with van der Waals surface area (Å²) in [5.74, 6) is 0.584. The van der Waals surface area contributed by atoms with Crippen molar-refractivity contribution in [1.82, 2.24) is 20.1 Å². The summed E-state index contributed by atoms with van der Waals surface area (Å²) in [6.45, 7) is 0.924. The van der Waals surface area contributed by atoms with Gasteiger partial charge in [-0.3, -0.25) is 14.3 Å². The van der Waals surface area contributed by atoms with Gasteiger partial charge in [-0.25, -0.2) is 4.98 Å². The highest BCUT2D eigenvalue weighted by atomic mass is 16.5. The first-order chi connectivity index (χ1) is 11.7. The van der Waals surface area contributed by atoms with E-state index >= 15 is 0 Å². The van der Waals surface area contributed by atoms with E-state index in [1.807, 2.05) is 24.3 Å². The first-order valence-electron chi connectivity index (χ1n) is 7.72. The molecule has 1 N–H and O–H groups in total. The Morgan fingerprint density at radius 1 is 1.46 bits per heavy atom. The van der Waals surface area contributed by atoms with Crippen LogP contribution in [0.25, 0.3) is 0 Å². The van der Waals surface area contributed by atoms with Gasteiger partial charge in [-0.05, 0) is 12.1 Å². The first-order valence-corrected chi connectivity index (χ1v) is 7.72. The molecule has 1 aliphatic rings. The van der Waals surface area contributed by atoms with Crippen molar-refractivity contribution in [3.8, 4) is 5.75 Å². The molecule has 0 spiro atoms. The van der Waals surface area contributed by atoms with Crippen LogP contribution in [-0.2, 0) is 16.1 Å². The maximum atomic E-state index is 12.2. The predicted octanol–water partition coefficient (Wildman–Crippen LogP) is 0.598. The zero-order valence-electron chi connectivity index (χ0n) is 13.4.